The molecular weight excluding hydrogens is 414 g/mol. The van der Waals surface area contributed by atoms with Crippen molar-refractivity contribution in [1.29, 1.82) is 0 Å². The number of amides is 1. The Balaban J connectivity index is 1.62. The highest BCUT2D eigenvalue weighted by molar-refractivity contribution is 9.10. The molecule has 0 N–H and O–H groups in total. The van der Waals surface area contributed by atoms with E-state index < -0.39 is 0 Å². The molecule has 1 amide bonds. The summed E-state index contributed by atoms with van der Waals surface area (Å²) in [7, 11) is 0. The Morgan fingerprint density at radius 1 is 1.11 bits per heavy atom. The molecule has 0 aliphatic carbocycles. The Morgan fingerprint density at radius 2 is 1.96 bits per heavy atom. The minimum absolute atomic E-state index is 0.130. The minimum Gasteiger partial charge on any atom is -0.328 e. The SMILES string of the molecule is CCCCCCn1c(C2CC(=O)N(c3cccc(Br)c3)C2)nc2ccccc21. The normalized spacial score (nSPS) is 17.0. The maximum Gasteiger partial charge on any atom is 0.227 e. The number of nitrogens with zero attached hydrogens (tertiary/aromatic N) is 3. The summed E-state index contributed by atoms with van der Waals surface area (Å²) in [6.45, 7) is 3.89. The van der Waals surface area contributed by atoms with Gasteiger partial charge in [0, 0.05) is 35.6 Å². The molecule has 0 spiro atoms. The van der Waals surface area contributed by atoms with Crippen LogP contribution in [0.5, 0.6) is 0 Å². The van der Waals surface area contributed by atoms with Crippen molar-refractivity contribution in [3.8, 4) is 0 Å². The number of anilines is 1. The van der Waals surface area contributed by atoms with E-state index in [1.807, 2.05) is 35.2 Å². The van der Waals surface area contributed by atoms with Crippen LogP contribution in [0.1, 0.15) is 50.8 Å². The summed E-state index contributed by atoms with van der Waals surface area (Å²) in [5, 5.41) is 0. The Bertz CT molecular complexity index is 981. The van der Waals surface area contributed by atoms with Gasteiger partial charge in [-0.1, -0.05) is 60.3 Å². The molecule has 1 aliphatic heterocycles. The van der Waals surface area contributed by atoms with Gasteiger partial charge < -0.3 is 9.47 Å². The van der Waals surface area contributed by atoms with Crippen LogP contribution in [0, 0.1) is 0 Å². The number of carbonyl (C=O) groups is 1. The van der Waals surface area contributed by atoms with Gasteiger partial charge in [-0.2, -0.15) is 0 Å². The molecule has 1 aromatic heterocycles. The third kappa shape index (κ3) is 3.86. The van der Waals surface area contributed by atoms with Crippen molar-refractivity contribution in [2.24, 2.45) is 0 Å². The number of imidazole rings is 1. The van der Waals surface area contributed by atoms with Gasteiger partial charge in [0.15, 0.2) is 0 Å². The highest BCUT2D eigenvalue weighted by Crippen LogP contribution is 2.34. The fraction of sp³-hybridized carbons (Fsp3) is 0.391. The second kappa shape index (κ2) is 8.48. The van der Waals surface area contributed by atoms with Crippen molar-refractivity contribution in [3.63, 3.8) is 0 Å². The molecule has 1 saturated heterocycles. The maximum atomic E-state index is 12.8. The first-order valence-corrected chi connectivity index (χ1v) is 11.0. The molecule has 2 aromatic carbocycles. The second-order valence-electron chi connectivity index (χ2n) is 7.56. The van der Waals surface area contributed by atoms with E-state index in [1.165, 1.54) is 24.8 Å². The summed E-state index contributed by atoms with van der Waals surface area (Å²) < 4.78 is 3.34. The van der Waals surface area contributed by atoms with E-state index in [0.29, 0.717) is 13.0 Å². The van der Waals surface area contributed by atoms with Crippen LogP contribution in [0.15, 0.2) is 53.0 Å². The van der Waals surface area contributed by atoms with Gasteiger partial charge >= 0.3 is 0 Å². The molecule has 1 unspecified atom stereocenters. The van der Waals surface area contributed by atoms with Crippen LogP contribution in [0.4, 0.5) is 5.69 Å². The molecule has 0 bridgehead atoms. The van der Waals surface area contributed by atoms with E-state index in [9.17, 15) is 4.79 Å². The predicted molar refractivity (Wildman–Crippen MR) is 118 cm³/mol. The number of aromatic nitrogens is 2. The van der Waals surface area contributed by atoms with Crippen LogP contribution >= 0.6 is 15.9 Å². The average molecular weight is 440 g/mol. The Labute approximate surface area is 174 Å². The van der Waals surface area contributed by atoms with Crippen molar-refractivity contribution in [2.75, 3.05) is 11.4 Å². The van der Waals surface area contributed by atoms with Gasteiger partial charge in [0.2, 0.25) is 5.91 Å². The van der Waals surface area contributed by atoms with E-state index >= 15 is 0 Å². The first-order chi connectivity index (χ1) is 13.7. The van der Waals surface area contributed by atoms with E-state index in [4.69, 9.17) is 4.98 Å². The number of benzene rings is 2. The van der Waals surface area contributed by atoms with Gasteiger partial charge in [-0.25, -0.2) is 4.98 Å². The van der Waals surface area contributed by atoms with Gasteiger partial charge in [-0.15, -0.1) is 0 Å². The number of hydrogen-bond acceptors (Lipinski definition) is 2. The molecule has 4 rings (SSSR count). The zero-order chi connectivity index (χ0) is 19.5. The second-order valence-corrected chi connectivity index (χ2v) is 8.47. The summed E-state index contributed by atoms with van der Waals surface area (Å²) in [5.41, 5.74) is 3.16. The molecule has 1 atom stereocenters. The summed E-state index contributed by atoms with van der Waals surface area (Å²) in [6, 6.07) is 16.3. The highest BCUT2D eigenvalue weighted by Gasteiger charge is 2.34. The maximum absolute atomic E-state index is 12.8. The molecule has 0 radical (unpaired) electrons. The standard InChI is InChI=1S/C23H26BrN3O/c1-2-3-4-7-13-26-21-12-6-5-11-20(21)25-23(26)17-14-22(28)27(16-17)19-10-8-9-18(24)15-19/h5-6,8-12,15,17H,2-4,7,13-14,16H2,1H3. The molecule has 0 saturated carbocycles. The molecule has 4 nitrogen and oxygen atoms in total. The Morgan fingerprint density at radius 3 is 2.79 bits per heavy atom. The summed E-state index contributed by atoms with van der Waals surface area (Å²) in [5.74, 6) is 1.36. The van der Waals surface area contributed by atoms with Crippen molar-refractivity contribution in [3.05, 3.63) is 58.8 Å². The quantitative estimate of drug-likeness (QED) is 0.429. The number of halogens is 1. The van der Waals surface area contributed by atoms with Gasteiger partial charge in [-0.05, 0) is 36.8 Å². The first kappa shape index (κ1) is 19.2. The van der Waals surface area contributed by atoms with Crippen LogP contribution in [0.25, 0.3) is 11.0 Å². The summed E-state index contributed by atoms with van der Waals surface area (Å²) in [4.78, 5) is 19.6. The predicted octanol–water partition coefficient (Wildman–Crippen LogP) is 5.90. The van der Waals surface area contributed by atoms with E-state index in [2.05, 4.69) is 45.6 Å². The number of hydrogen-bond donors (Lipinski definition) is 0. The molecule has 2 heterocycles. The fourth-order valence-corrected chi connectivity index (χ4v) is 4.50. The smallest absolute Gasteiger partial charge is 0.227 e. The number of aryl methyl sites for hydroxylation is 1. The lowest BCUT2D eigenvalue weighted by atomic mass is 10.1. The highest BCUT2D eigenvalue weighted by atomic mass is 79.9. The number of rotatable bonds is 7. The zero-order valence-corrected chi connectivity index (χ0v) is 17.9. The summed E-state index contributed by atoms with van der Waals surface area (Å²) in [6.07, 6.45) is 5.40. The molecule has 3 aromatic rings. The molecule has 1 fully saturated rings. The number of fused-ring (bicyclic) bond motifs is 1. The lowest BCUT2D eigenvalue weighted by molar-refractivity contribution is -0.117. The number of carbonyl (C=O) groups excluding carboxylic acids is 1. The van der Waals surface area contributed by atoms with Crippen molar-refractivity contribution < 1.29 is 4.79 Å². The van der Waals surface area contributed by atoms with Gasteiger partial charge in [0.25, 0.3) is 0 Å². The topological polar surface area (TPSA) is 38.1 Å². The van der Waals surface area contributed by atoms with E-state index in [1.54, 1.807) is 0 Å². The molecule has 5 heteroatoms. The molecular formula is C23H26BrN3O. The number of unbranched alkanes of at least 4 members (excludes halogenated alkanes) is 3. The fourth-order valence-electron chi connectivity index (χ4n) is 4.11. The lowest BCUT2D eigenvalue weighted by Crippen LogP contribution is -2.24. The third-order valence-electron chi connectivity index (χ3n) is 5.53. The Hall–Kier alpha value is -2.14. The van der Waals surface area contributed by atoms with E-state index in [-0.39, 0.29) is 11.8 Å². The zero-order valence-electron chi connectivity index (χ0n) is 16.3. The van der Waals surface area contributed by atoms with Crippen molar-refractivity contribution >= 4 is 38.6 Å². The first-order valence-electron chi connectivity index (χ1n) is 10.2. The number of para-hydroxylation sites is 2. The van der Waals surface area contributed by atoms with Crippen LogP contribution in [-0.2, 0) is 11.3 Å². The van der Waals surface area contributed by atoms with Crippen LogP contribution in [0.2, 0.25) is 0 Å². The molecule has 1 aliphatic rings. The van der Waals surface area contributed by atoms with Crippen LogP contribution in [-0.4, -0.2) is 22.0 Å². The summed E-state index contributed by atoms with van der Waals surface area (Å²) >= 11 is 3.51. The monoisotopic (exact) mass is 439 g/mol. The molecule has 146 valence electrons. The Kier molecular flexibility index (Phi) is 5.81. The van der Waals surface area contributed by atoms with Gasteiger partial charge in [-0.3, -0.25) is 4.79 Å². The van der Waals surface area contributed by atoms with Crippen LogP contribution < -0.4 is 4.90 Å². The van der Waals surface area contributed by atoms with Gasteiger partial charge in [0.1, 0.15) is 5.82 Å². The largest absolute Gasteiger partial charge is 0.328 e. The van der Waals surface area contributed by atoms with Crippen molar-refractivity contribution in [2.45, 2.75) is 51.5 Å². The third-order valence-corrected chi connectivity index (χ3v) is 6.02. The molecule has 28 heavy (non-hydrogen) atoms. The van der Waals surface area contributed by atoms with E-state index in [0.717, 1.165) is 34.5 Å². The minimum atomic E-state index is 0.130. The van der Waals surface area contributed by atoms with Crippen LogP contribution in [0.3, 0.4) is 0 Å². The lowest BCUT2D eigenvalue weighted by Gasteiger charge is -2.18. The van der Waals surface area contributed by atoms with Gasteiger partial charge in [0.05, 0.1) is 11.0 Å². The average Bonchev–Trinajstić information content (AvgIpc) is 3.26. The van der Waals surface area contributed by atoms with Crippen molar-refractivity contribution in [1.82, 2.24) is 9.55 Å².